The van der Waals surface area contributed by atoms with Gasteiger partial charge < -0.3 is 4.84 Å². The highest BCUT2D eigenvalue weighted by Gasteiger charge is 2.60. The third-order valence-corrected chi connectivity index (χ3v) is 6.73. The molecule has 1 aliphatic carbocycles. The Balaban J connectivity index is 1.89. The fourth-order valence-electron chi connectivity index (χ4n) is 3.96. The van der Waals surface area contributed by atoms with Crippen molar-refractivity contribution in [3.8, 4) is 17.3 Å². The van der Waals surface area contributed by atoms with Gasteiger partial charge in [-0.3, -0.25) is 0 Å². The number of nitrogens with zero attached hydrogens (tertiary/aromatic N) is 2. The van der Waals surface area contributed by atoms with Crippen LogP contribution in [0.1, 0.15) is 30.2 Å². The van der Waals surface area contributed by atoms with Crippen molar-refractivity contribution >= 4 is 33.5 Å². The first-order valence-electron chi connectivity index (χ1n) is 9.57. The second-order valence-electron chi connectivity index (χ2n) is 7.62. The molecule has 4 nitrogen and oxygen atoms in total. The molecule has 0 bridgehead atoms. The molecule has 1 heterocycles. The molecule has 2 atom stereocenters. The lowest BCUT2D eigenvalue weighted by Crippen LogP contribution is -2.35. The van der Waals surface area contributed by atoms with Gasteiger partial charge in [-0.2, -0.15) is 23.2 Å². The van der Waals surface area contributed by atoms with E-state index in [1.807, 2.05) is 6.92 Å². The quantitative estimate of drug-likeness (QED) is 0.398. The molecule has 0 saturated heterocycles. The van der Waals surface area contributed by atoms with Crippen molar-refractivity contribution in [1.29, 1.82) is 5.26 Å². The van der Waals surface area contributed by atoms with Crippen LogP contribution in [0.5, 0.6) is 0 Å². The van der Waals surface area contributed by atoms with Gasteiger partial charge in [-0.15, -0.1) is 0 Å². The van der Waals surface area contributed by atoms with Crippen LogP contribution in [-0.4, -0.2) is 10.7 Å². The first-order chi connectivity index (χ1) is 15.1. The smallest absolute Gasteiger partial charge is 0.335 e. The van der Waals surface area contributed by atoms with Crippen LogP contribution in [0, 0.1) is 17.2 Å². The summed E-state index contributed by atoms with van der Waals surface area (Å²) in [6, 6.07) is 16.5. The van der Waals surface area contributed by atoms with Gasteiger partial charge in [-0.05, 0) is 46.0 Å². The van der Waals surface area contributed by atoms with Gasteiger partial charge in [0.05, 0.1) is 15.5 Å². The maximum absolute atomic E-state index is 14.0. The molecule has 0 aliphatic heterocycles. The lowest BCUT2D eigenvalue weighted by Gasteiger charge is -2.20. The second kappa shape index (κ2) is 7.98. The van der Waals surface area contributed by atoms with Gasteiger partial charge in [0.25, 0.3) is 0 Å². The summed E-state index contributed by atoms with van der Waals surface area (Å²) in [6.45, 7) is 1.84. The van der Waals surface area contributed by atoms with Crippen LogP contribution >= 0.6 is 27.5 Å². The van der Waals surface area contributed by atoms with E-state index in [1.165, 1.54) is 24.3 Å². The average molecular weight is 524 g/mol. The number of hydrogen-bond acceptors (Lipinski definition) is 3. The molecule has 1 aliphatic rings. The highest BCUT2D eigenvalue weighted by Crippen LogP contribution is 2.55. The molecule has 2 unspecified atom stereocenters. The minimum absolute atomic E-state index is 0.111. The summed E-state index contributed by atoms with van der Waals surface area (Å²) in [5, 5.41) is 9.99. The normalized spacial score (nSPS) is 20.0. The molecule has 2 aromatic carbocycles. The molecule has 0 N–H and O–H groups in total. The van der Waals surface area contributed by atoms with E-state index < -0.39 is 27.7 Å². The molecule has 1 aromatic heterocycles. The van der Waals surface area contributed by atoms with Gasteiger partial charge in [0.2, 0.25) is 0 Å². The van der Waals surface area contributed by atoms with Crippen molar-refractivity contribution in [2.24, 2.45) is 5.92 Å². The fourth-order valence-corrected chi connectivity index (χ4v) is 4.74. The SMILES string of the molecule is CC1CC1(C(=O)On1c(-c2ccc(Cl)cc2)c(C#N)c(Br)c1C(F)(F)F)c1ccccc1. The number of carbonyl (C=O) groups excluding carboxylic acids is 1. The summed E-state index contributed by atoms with van der Waals surface area (Å²) in [7, 11) is 0. The van der Waals surface area contributed by atoms with Crippen molar-refractivity contribution in [3.63, 3.8) is 0 Å². The molecular formula is C23H15BrClF3N2O2. The summed E-state index contributed by atoms with van der Waals surface area (Å²) >= 11 is 8.80. The van der Waals surface area contributed by atoms with Gasteiger partial charge in [0.1, 0.15) is 11.8 Å². The number of halogens is 5. The van der Waals surface area contributed by atoms with Crippen LogP contribution in [0.25, 0.3) is 11.3 Å². The Bertz CT molecular complexity index is 1230. The highest BCUT2D eigenvalue weighted by atomic mass is 79.9. The summed E-state index contributed by atoms with van der Waals surface area (Å²) in [6.07, 6.45) is -4.45. The number of hydrogen-bond donors (Lipinski definition) is 0. The van der Waals surface area contributed by atoms with E-state index in [0.29, 0.717) is 21.7 Å². The van der Waals surface area contributed by atoms with E-state index in [-0.39, 0.29) is 22.7 Å². The Morgan fingerprint density at radius 1 is 1.22 bits per heavy atom. The monoisotopic (exact) mass is 522 g/mol. The van der Waals surface area contributed by atoms with Crippen LogP contribution in [0.2, 0.25) is 5.02 Å². The fraction of sp³-hybridized carbons (Fsp3) is 0.217. The van der Waals surface area contributed by atoms with E-state index in [0.717, 1.165) is 0 Å². The van der Waals surface area contributed by atoms with Crippen molar-refractivity contribution in [2.75, 3.05) is 0 Å². The van der Waals surface area contributed by atoms with E-state index in [9.17, 15) is 23.2 Å². The molecule has 1 fully saturated rings. The van der Waals surface area contributed by atoms with Gasteiger partial charge in [-0.1, -0.05) is 61.0 Å². The van der Waals surface area contributed by atoms with Gasteiger partial charge in [-0.25, -0.2) is 4.79 Å². The van der Waals surface area contributed by atoms with Crippen LogP contribution < -0.4 is 4.84 Å². The third kappa shape index (κ3) is 3.59. The predicted octanol–water partition coefficient (Wildman–Crippen LogP) is 6.39. The number of aromatic nitrogens is 1. The zero-order valence-electron chi connectivity index (χ0n) is 16.6. The average Bonchev–Trinajstić information content (AvgIpc) is 3.35. The van der Waals surface area contributed by atoms with Crippen molar-refractivity contribution in [3.05, 3.63) is 80.9 Å². The summed E-state index contributed by atoms with van der Waals surface area (Å²) in [5.74, 6) is -0.927. The van der Waals surface area contributed by atoms with Gasteiger partial charge >= 0.3 is 12.1 Å². The van der Waals surface area contributed by atoms with E-state index >= 15 is 0 Å². The Morgan fingerprint density at radius 3 is 2.31 bits per heavy atom. The Morgan fingerprint density at radius 2 is 1.81 bits per heavy atom. The number of rotatable bonds is 4. The molecule has 9 heteroatoms. The molecule has 4 rings (SSSR count). The number of nitriles is 1. The molecule has 1 saturated carbocycles. The van der Waals surface area contributed by atoms with E-state index in [2.05, 4.69) is 15.9 Å². The maximum Gasteiger partial charge on any atom is 0.435 e. The van der Waals surface area contributed by atoms with Gasteiger partial charge in [0, 0.05) is 10.6 Å². The highest BCUT2D eigenvalue weighted by molar-refractivity contribution is 9.10. The second-order valence-corrected chi connectivity index (χ2v) is 8.85. The lowest BCUT2D eigenvalue weighted by atomic mass is 9.94. The number of alkyl halides is 3. The zero-order chi connectivity index (χ0) is 23.3. The molecular weight excluding hydrogens is 509 g/mol. The third-order valence-electron chi connectivity index (χ3n) is 5.71. The maximum atomic E-state index is 14.0. The van der Waals surface area contributed by atoms with Crippen LogP contribution in [0.15, 0.2) is 59.1 Å². The predicted molar refractivity (Wildman–Crippen MR) is 116 cm³/mol. The minimum Gasteiger partial charge on any atom is -0.335 e. The Hall–Kier alpha value is -2.76. The minimum atomic E-state index is -4.90. The number of benzene rings is 2. The first-order valence-corrected chi connectivity index (χ1v) is 10.7. The molecule has 0 spiro atoms. The van der Waals surface area contributed by atoms with E-state index in [4.69, 9.17) is 16.4 Å². The Labute approximate surface area is 195 Å². The topological polar surface area (TPSA) is 55.0 Å². The molecule has 32 heavy (non-hydrogen) atoms. The lowest BCUT2D eigenvalue weighted by molar-refractivity contribution is -0.162. The summed E-state index contributed by atoms with van der Waals surface area (Å²) in [4.78, 5) is 18.8. The van der Waals surface area contributed by atoms with Crippen LogP contribution in [0.4, 0.5) is 13.2 Å². The standard InChI is InChI=1S/C23H15BrClF3N2O2/c1-13-11-22(13,15-5-3-2-4-6-15)21(31)32-30-19(14-7-9-16(25)10-8-14)17(12-29)18(24)20(30)23(26,27)28/h2-10,13H,11H2,1H3. The van der Waals surface area contributed by atoms with Gasteiger partial charge in [0.15, 0.2) is 5.69 Å². The Kier molecular flexibility index (Phi) is 5.60. The summed E-state index contributed by atoms with van der Waals surface area (Å²) in [5.41, 5.74) is -1.90. The molecule has 164 valence electrons. The van der Waals surface area contributed by atoms with Crippen LogP contribution in [0.3, 0.4) is 0 Å². The zero-order valence-corrected chi connectivity index (χ0v) is 18.9. The van der Waals surface area contributed by atoms with Crippen molar-refractivity contribution < 1.29 is 22.8 Å². The number of carbonyl (C=O) groups is 1. The van der Waals surface area contributed by atoms with Crippen LogP contribution in [-0.2, 0) is 16.4 Å². The molecule has 0 amide bonds. The molecule has 3 aromatic rings. The summed E-state index contributed by atoms with van der Waals surface area (Å²) < 4.78 is 41.9. The van der Waals surface area contributed by atoms with Crippen molar-refractivity contribution in [2.45, 2.75) is 24.9 Å². The largest absolute Gasteiger partial charge is 0.435 e. The first kappa shape index (κ1) is 22.4. The van der Waals surface area contributed by atoms with Crippen molar-refractivity contribution in [1.82, 2.24) is 4.73 Å². The molecule has 0 radical (unpaired) electrons. The van der Waals surface area contributed by atoms with E-state index in [1.54, 1.807) is 36.4 Å².